The molecule has 80 valence electrons. The van der Waals surface area contributed by atoms with Crippen molar-refractivity contribution in [1.82, 2.24) is 10.3 Å². The third-order valence-electron chi connectivity index (χ3n) is 2.59. The molecule has 0 bridgehead atoms. The molecule has 1 aromatic heterocycles. The zero-order valence-corrected chi connectivity index (χ0v) is 8.92. The molecule has 3 N–H and O–H groups in total. The summed E-state index contributed by atoms with van der Waals surface area (Å²) < 4.78 is 0. The van der Waals surface area contributed by atoms with Gasteiger partial charge in [-0.2, -0.15) is 0 Å². The third-order valence-corrected chi connectivity index (χ3v) is 2.79. The van der Waals surface area contributed by atoms with Gasteiger partial charge in [0.05, 0.1) is 17.4 Å². The van der Waals surface area contributed by atoms with Crippen LogP contribution in [-0.4, -0.2) is 16.9 Å². The Labute approximate surface area is 92.8 Å². The van der Waals surface area contributed by atoms with E-state index in [0.29, 0.717) is 17.3 Å². The number of halogens is 1. The third kappa shape index (κ3) is 2.21. The summed E-state index contributed by atoms with van der Waals surface area (Å²) in [7, 11) is 0. The van der Waals surface area contributed by atoms with Crippen molar-refractivity contribution in [3.63, 3.8) is 0 Å². The average Bonchev–Trinajstić information content (AvgIpc) is 2.15. The first-order valence-corrected chi connectivity index (χ1v) is 5.26. The van der Waals surface area contributed by atoms with Gasteiger partial charge in [-0.05, 0) is 25.3 Å². The van der Waals surface area contributed by atoms with Crippen LogP contribution in [0, 0.1) is 0 Å². The highest BCUT2D eigenvalue weighted by Crippen LogP contribution is 2.20. The molecule has 1 aliphatic rings. The van der Waals surface area contributed by atoms with Gasteiger partial charge in [0.25, 0.3) is 5.91 Å². The summed E-state index contributed by atoms with van der Waals surface area (Å²) in [6, 6.07) is 1.79. The summed E-state index contributed by atoms with van der Waals surface area (Å²) in [4.78, 5) is 15.5. The van der Waals surface area contributed by atoms with E-state index in [9.17, 15) is 4.79 Å². The normalized spacial score (nSPS) is 15.8. The molecule has 0 atom stereocenters. The molecule has 2 rings (SSSR count). The fraction of sp³-hybridized carbons (Fsp3) is 0.400. The van der Waals surface area contributed by atoms with Crippen molar-refractivity contribution in [2.24, 2.45) is 0 Å². The van der Waals surface area contributed by atoms with E-state index in [-0.39, 0.29) is 11.1 Å². The molecule has 0 unspecified atom stereocenters. The highest BCUT2D eigenvalue weighted by Gasteiger charge is 2.21. The van der Waals surface area contributed by atoms with Crippen LogP contribution in [-0.2, 0) is 0 Å². The summed E-state index contributed by atoms with van der Waals surface area (Å²) in [5.41, 5.74) is 6.41. The first-order valence-electron chi connectivity index (χ1n) is 4.88. The van der Waals surface area contributed by atoms with Crippen molar-refractivity contribution in [2.45, 2.75) is 25.3 Å². The number of carbonyl (C=O) groups excluding carboxylic acids is 1. The molecular formula is C10H12ClN3O. The molecule has 0 aromatic carbocycles. The van der Waals surface area contributed by atoms with Crippen molar-refractivity contribution >= 4 is 23.2 Å². The Bertz CT molecular complexity index is 390. The molecular weight excluding hydrogens is 214 g/mol. The number of aromatic nitrogens is 1. The lowest BCUT2D eigenvalue weighted by Gasteiger charge is -2.26. The fourth-order valence-electron chi connectivity index (χ4n) is 1.45. The number of hydrogen-bond acceptors (Lipinski definition) is 3. The van der Waals surface area contributed by atoms with Gasteiger partial charge in [0.15, 0.2) is 0 Å². The van der Waals surface area contributed by atoms with Crippen molar-refractivity contribution in [3.05, 3.63) is 23.0 Å². The zero-order valence-electron chi connectivity index (χ0n) is 8.16. The number of nitrogens with one attached hydrogen (secondary N) is 1. The van der Waals surface area contributed by atoms with E-state index in [1.54, 1.807) is 0 Å². The first kappa shape index (κ1) is 10.2. The Morgan fingerprint density at radius 3 is 2.93 bits per heavy atom. The maximum atomic E-state index is 11.7. The molecule has 1 amide bonds. The Balaban J connectivity index is 2.12. The minimum atomic E-state index is -0.165. The summed E-state index contributed by atoms with van der Waals surface area (Å²) in [5, 5.41) is 3.18. The number of nitrogens with zero attached hydrogens (tertiary/aromatic N) is 1. The number of nitrogen functional groups attached to an aromatic ring is 1. The Morgan fingerprint density at radius 2 is 2.33 bits per heavy atom. The van der Waals surface area contributed by atoms with Crippen molar-refractivity contribution in [2.75, 3.05) is 5.73 Å². The fourth-order valence-corrected chi connectivity index (χ4v) is 1.61. The van der Waals surface area contributed by atoms with Crippen LogP contribution in [0.15, 0.2) is 12.3 Å². The smallest absolute Gasteiger partial charge is 0.253 e. The van der Waals surface area contributed by atoms with E-state index >= 15 is 0 Å². The lowest BCUT2D eigenvalue weighted by Crippen LogP contribution is -2.39. The lowest BCUT2D eigenvalue weighted by molar-refractivity contribution is 0.0918. The monoisotopic (exact) mass is 225 g/mol. The van der Waals surface area contributed by atoms with Crippen molar-refractivity contribution < 1.29 is 4.79 Å². The van der Waals surface area contributed by atoms with Crippen LogP contribution in [0.2, 0.25) is 5.15 Å². The molecule has 0 aliphatic heterocycles. The summed E-state index contributed by atoms with van der Waals surface area (Å²) in [5.74, 6) is -0.165. The van der Waals surface area contributed by atoms with Crippen LogP contribution in [0.25, 0.3) is 0 Å². The van der Waals surface area contributed by atoms with Gasteiger partial charge in [-0.1, -0.05) is 11.6 Å². The SMILES string of the molecule is Nc1cnc(Cl)cc1C(=O)NC1CCC1. The number of anilines is 1. The average molecular weight is 226 g/mol. The molecule has 1 aromatic rings. The largest absolute Gasteiger partial charge is 0.397 e. The molecule has 5 heteroatoms. The van der Waals surface area contributed by atoms with Crippen LogP contribution in [0.4, 0.5) is 5.69 Å². The van der Waals surface area contributed by atoms with Crippen molar-refractivity contribution in [3.8, 4) is 0 Å². The Morgan fingerprint density at radius 1 is 1.60 bits per heavy atom. The summed E-state index contributed by atoms with van der Waals surface area (Å²) >= 11 is 5.70. The van der Waals surface area contributed by atoms with Crippen molar-refractivity contribution in [1.29, 1.82) is 0 Å². The van der Waals surface area contributed by atoms with Gasteiger partial charge in [-0.3, -0.25) is 4.79 Å². The number of carbonyl (C=O) groups is 1. The van der Waals surface area contributed by atoms with Gasteiger partial charge in [0.2, 0.25) is 0 Å². The van der Waals surface area contributed by atoms with E-state index in [2.05, 4.69) is 10.3 Å². The van der Waals surface area contributed by atoms with Crippen LogP contribution in [0.3, 0.4) is 0 Å². The van der Waals surface area contributed by atoms with Gasteiger partial charge >= 0.3 is 0 Å². The quantitative estimate of drug-likeness (QED) is 0.752. The predicted molar refractivity (Wildman–Crippen MR) is 58.8 cm³/mol. The van der Waals surface area contributed by atoms with Crippen LogP contribution >= 0.6 is 11.6 Å². The van der Waals surface area contributed by atoms with Crippen LogP contribution < -0.4 is 11.1 Å². The number of nitrogens with two attached hydrogens (primary N) is 1. The molecule has 0 spiro atoms. The highest BCUT2D eigenvalue weighted by molar-refractivity contribution is 6.29. The Kier molecular flexibility index (Phi) is 2.77. The second-order valence-electron chi connectivity index (χ2n) is 3.70. The zero-order chi connectivity index (χ0) is 10.8. The maximum Gasteiger partial charge on any atom is 0.253 e. The molecule has 1 heterocycles. The van der Waals surface area contributed by atoms with Gasteiger partial charge < -0.3 is 11.1 Å². The minimum absolute atomic E-state index is 0.165. The van der Waals surface area contributed by atoms with E-state index in [0.717, 1.165) is 12.8 Å². The molecule has 1 aliphatic carbocycles. The predicted octanol–water partition coefficient (Wildman–Crippen LogP) is 1.60. The number of rotatable bonds is 2. The maximum absolute atomic E-state index is 11.7. The molecule has 0 radical (unpaired) electrons. The van der Waals surface area contributed by atoms with Gasteiger partial charge in [-0.15, -0.1) is 0 Å². The second kappa shape index (κ2) is 4.06. The summed E-state index contributed by atoms with van der Waals surface area (Å²) in [6.07, 6.45) is 4.67. The lowest BCUT2D eigenvalue weighted by atomic mass is 9.93. The van der Waals surface area contributed by atoms with E-state index < -0.39 is 0 Å². The highest BCUT2D eigenvalue weighted by atomic mass is 35.5. The van der Waals surface area contributed by atoms with Gasteiger partial charge in [0, 0.05) is 6.04 Å². The van der Waals surface area contributed by atoms with E-state index in [1.165, 1.54) is 18.7 Å². The standard InChI is InChI=1S/C10H12ClN3O/c11-9-4-7(8(12)5-13-9)10(15)14-6-2-1-3-6/h4-6H,1-3,12H2,(H,14,15). The van der Waals surface area contributed by atoms with Gasteiger partial charge in [0.1, 0.15) is 5.15 Å². The second-order valence-corrected chi connectivity index (χ2v) is 4.08. The van der Waals surface area contributed by atoms with Crippen LogP contribution in [0.5, 0.6) is 0 Å². The molecule has 0 saturated heterocycles. The molecule has 1 fully saturated rings. The topological polar surface area (TPSA) is 68.0 Å². The van der Waals surface area contributed by atoms with Gasteiger partial charge in [-0.25, -0.2) is 4.98 Å². The van der Waals surface area contributed by atoms with E-state index in [4.69, 9.17) is 17.3 Å². The molecule has 1 saturated carbocycles. The van der Waals surface area contributed by atoms with E-state index in [1.807, 2.05) is 0 Å². The number of hydrogen-bond donors (Lipinski definition) is 2. The number of amides is 1. The number of pyridine rings is 1. The Hall–Kier alpha value is -1.29. The molecule has 15 heavy (non-hydrogen) atoms. The molecule has 4 nitrogen and oxygen atoms in total. The minimum Gasteiger partial charge on any atom is -0.397 e. The first-order chi connectivity index (χ1) is 7.16. The summed E-state index contributed by atoms with van der Waals surface area (Å²) in [6.45, 7) is 0. The van der Waals surface area contributed by atoms with Crippen LogP contribution in [0.1, 0.15) is 29.6 Å².